The molecule has 1 heterocycles. The van der Waals surface area contributed by atoms with Crippen molar-refractivity contribution in [1.29, 1.82) is 0 Å². The van der Waals surface area contributed by atoms with Crippen molar-refractivity contribution in [3.63, 3.8) is 0 Å². The van der Waals surface area contributed by atoms with Crippen molar-refractivity contribution in [3.05, 3.63) is 59.9 Å². The predicted molar refractivity (Wildman–Crippen MR) is 75.8 cm³/mol. The summed E-state index contributed by atoms with van der Waals surface area (Å²) in [4.78, 5) is 18.1. The smallest absolute Gasteiger partial charge is 0.255 e. The Morgan fingerprint density at radius 1 is 1.21 bits per heavy atom. The van der Waals surface area contributed by atoms with Crippen molar-refractivity contribution < 1.29 is 4.79 Å². The maximum absolute atomic E-state index is 12.2. The zero-order valence-electron chi connectivity index (χ0n) is 10.9. The number of pyridine rings is 1. The van der Waals surface area contributed by atoms with Gasteiger partial charge in [-0.3, -0.25) is 9.78 Å². The first-order valence-electron chi connectivity index (χ1n) is 6.18. The van der Waals surface area contributed by atoms with Crippen LogP contribution in [0.5, 0.6) is 0 Å². The van der Waals surface area contributed by atoms with Crippen LogP contribution < -0.4 is 5.73 Å². The van der Waals surface area contributed by atoms with Crippen LogP contribution >= 0.6 is 0 Å². The highest BCUT2D eigenvalue weighted by Gasteiger charge is 2.13. The third-order valence-corrected chi connectivity index (χ3v) is 2.97. The maximum Gasteiger partial charge on any atom is 0.255 e. The van der Waals surface area contributed by atoms with E-state index in [9.17, 15) is 4.79 Å². The van der Waals surface area contributed by atoms with Gasteiger partial charge in [-0.25, -0.2) is 0 Å². The summed E-state index contributed by atoms with van der Waals surface area (Å²) in [7, 11) is 1.78. The molecule has 0 atom stereocenters. The molecule has 0 aliphatic carbocycles. The molecule has 0 bridgehead atoms. The molecule has 1 aromatic heterocycles. The Morgan fingerprint density at radius 2 is 1.95 bits per heavy atom. The summed E-state index contributed by atoms with van der Waals surface area (Å²) < 4.78 is 0. The predicted octanol–water partition coefficient (Wildman–Crippen LogP) is 1.98. The third-order valence-electron chi connectivity index (χ3n) is 2.97. The summed E-state index contributed by atoms with van der Waals surface area (Å²) in [6.07, 6.45) is 2.49. The van der Waals surface area contributed by atoms with Gasteiger partial charge in [-0.15, -0.1) is 0 Å². The fraction of sp³-hybridized carbons (Fsp3) is 0.200. The molecular formula is C15H17N3O. The first-order chi connectivity index (χ1) is 9.18. The van der Waals surface area contributed by atoms with Gasteiger partial charge in [0.05, 0.1) is 5.56 Å². The number of hydrogen-bond acceptors (Lipinski definition) is 3. The van der Waals surface area contributed by atoms with Gasteiger partial charge in [-0.1, -0.05) is 18.2 Å². The van der Waals surface area contributed by atoms with Gasteiger partial charge in [-0.2, -0.15) is 0 Å². The highest BCUT2D eigenvalue weighted by Crippen LogP contribution is 2.12. The summed E-state index contributed by atoms with van der Waals surface area (Å²) in [5.41, 5.74) is 7.84. The molecule has 0 saturated carbocycles. The van der Waals surface area contributed by atoms with Gasteiger partial charge in [-0.05, 0) is 24.3 Å². The van der Waals surface area contributed by atoms with E-state index in [-0.39, 0.29) is 5.91 Å². The van der Waals surface area contributed by atoms with Crippen molar-refractivity contribution in [3.8, 4) is 0 Å². The number of nitrogen functional groups attached to an aromatic ring is 1. The van der Waals surface area contributed by atoms with Gasteiger partial charge in [0.25, 0.3) is 5.91 Å². The number of nitrogens with two attached hydrogens (primary N) is 1. The number of benzene rings is 1. The van der Waals surface area contributed by atoms with Crippen molar-refractivity contribution in [2.75, 3.05) is 19.3 Å². The second-order valence-corrected chi connectivity index (χ2v) is 4.39. The van der Waals surface area contributed by atoms with Crippen molar-refractivity contribution in [2.24, 2.45) is 0 Å². The summed E-state index contributed by atoms with van der Waals surface area (Å²) in [5.74, 6) is -0.0611. The van der Waals surface area contributed by atoms with Crippen LogP contribution in [0, 0.1) is 0 Å². The van der Waals surface area contributed by atoms with Crippen molar-refractivity contribution >= 4 is 11.6 Å². The van der Waals surface area contributed by atoms with Gasteiger partial charge in [0.15, 0.2) is 0 Å². The van der Waals surface area contributed by atoms with E-state index in [0.717, 1.165) is 12.1 Å². The summed E-state index contributed by atoms with van der Waals surface area (Å²) >= 11 is 0. The number of carbonyl (C=O) groups is 1. The second-order valence-electron chi connectivity index (χ2n) is 4.39. The molecule has 98 valence electrons. The van der Waals surface area contributed by atoms with E-state index in [1.165, 1.54) is 0 Å². The van der Waals surface area contributed by atoms with Crippen LogP contribution in [0.3, 0.4) is 0 Å². The van der Waals surface area contributed by atoms with Gasteiger partial charge in [0, 0.05) is 37.6 Å². The zero-order chi connectivity index (χ0) is 13.7. The minimum Gasteiger partial charge on any atom is -0.398 e. The minimum atomic E-state index is -0.0611. The van der Waals surface area contributed by atoms with Crippen LogP contribution in [-0.4, -0.2) is 29.4 Å². The van der Waals surface area contributed by atoms with Crippen LogP contribution in [0.1, 0.15) is 16.1 Å². The molecule has 2 aromatic rings. The van der Waals surface area contributed by atoms with Crippen LogP contribution in [0.2, 0.25) is 0 Å². The van der Waals surface area contributed by atoms with Crippen molar-refractivity contribution in [2.45, 2.75) is 6.42 Å². The van der Waals surface area contributed by atoms with Gasteiger partial charge >= 0.3 is 0 Å². The fourth-order valence-corrected chi connectivity index (χ4v) is 1.83. The van der Waals surface area contributed by atoms with Gasteiger partial charge < -0.3 is 10.6 Å². The molecule has 2 N–H and O–H groups in total. The topological polar surface area (TPSA) is 59.2 Å². The second kappa shape index (κ2) is 6.00. The molecule has 0 aliphatic rings. The standard InChI is InChI=1S/C15H17N3O/c1-18(11-9-12-6-4-5-10-17-12)15(19)13-7-2-3-8-14(13)16/h2-8,10H,9,11,16H2,1H3. The lowest BCUT2D eigenvalue weighted by molar-refractivity contribution is 0.0797. The number of anilines is 1. The number of carbonyl (C=O) groups excluding carboxylic acids is 1. The molecule has 4 heteroatoms. The van der Waals surface area contributed by atoms with Crippen LogP contribution in [-0.2, 0) is 6.42 Å². The van der Waals surface area contributed by atoms with Crippen molar-refractivity contribution in [1.82, 2.24) is 9.88 Å². The van der Waals surface area contributed by atoms with Gasteiger partial charge in [0.1, 0.15) is 0 Å². The monoisotopic (exact) mass is 255 g/mol. The first-order valence-corrected chi connectivity index (χ1v) is 6.18. The number of amides is 1. The van der Waals surface area contributed by atoms with E-state index < -0.39 is 0 Å². The molecule has 0 aliphatic heterocycles. The molecule has 0 fully saturated rings. The summed E-state index contributed by atoms with van der Waals surface area (Å²) in [6.45, 7) is 0.615. The number of aromatic nitrogens is 1. The molecule has 1 aromatic carbocycles. The Bertz CT molecular complexity index is 554. The quantitative estimate of drug-likeness (QED) is 0.850. The lowest BCUT2D eigenvalue weighted by atomic mass is 10.1. The Kier molecular flexibility index (Phi) is 4.13. The van der Waals surface area contributed by atoms with Crippen LogP contribution in [0.15, 0.2) is 48.7 Å². The van der Waals surface area contributed by atoms with E-state index in [2.05, 4.69) is 4.98 Å². The number of para-hydroxylation sites is 1. The summed E-state index contributed by atoms with van der Waals surface area (Å²) in [5, 5.41) is 0. The molecular weight excluding hydrogens is 238 g/mol. The highest BCUT2D eigenvalue weighted by atomic mass is 16.2. The average molecular weight is 255 g/mol. The van der Waals surface area contributed by atoms with E-state index in [1.807, 2.05) is 30.3 Å². The number of hydrogen-bond donors (Lipinski definition) is 1. The van der Waals surface area contributed by atoms with Gasteiger partial charge in [0.2, 0.25) is 0 Å². The maximum atomic E-state index is 12.2. The average Bonchev–Trinajstić information content (AvgIpc) is 2.45. The van der Waals surface area contributed by atoms with Crippen LogP contribution in [0.25, 0.3) is 0 Å². The normalized spacial score (nSPS) is 10.2. The zero-order valence-corrected chi connectivity index (χ0v) is 10.9. The Labute approximate surface area is 112 Å². The molecule has 0 unspecified atom stereocenters. The molecule has 19 heavy (non-hydrogen) atoms. The molecule has 1 amide bonds. The minimum absolute atomic E-state index is 0.0611. The summed E-state index contributed by atoms with van der Waals surface area (Å²) in [6, 6.07) is 12.9. The molecule has 2 rings (SSSR count). The lowest BCUT2D eigenvalue weighted by Crippen LogP contribution is -2.29. The largest absolute Gasteiger partial charge is 0.398 e. The third kappa shape index (κ3) is 3.31. The Morgan fingerprint density at radius 3 is 2.63 bits per heavy atom. The number of rotatable bonds is 4. The Balaban J connectivity index is 1.99. The first kappa shape index (κ1) is 13.1. The van der Waals surface area contributed by atoms with E-state index in [4.69, 9.17) is 5.73 Å². The number of likely N-dealkylation sites (N-methyl/N-ethyl adjacent to an activating group) is 1. The lowest BCUT2D eigenvalue weighted by Gasteiger charge is -2.17. The van der Waals surface area contributed by atoms with Crippen LogP contribution in [0.4, 0.5) is 5.69 Å². The fourth-order valence-electron chi connectivity index (χ4n) is 1.83. The molecule has 4 nitrogen and oxygen atoms in total. The molecule has 0 saturated heterocycles. The van der Waals surface area contributed by atoms with E-state index in [1.54, 1.807) is 30.3 Å². The van der Waals surface area contributed by atoms with E-state index in [0.29, 0.717) is 17.8 Å². The van der Waals surface area contributed by atoms with E-state index >= 15 is 0 Å². The molecule has 0 spiro atoms. The SMILES string of the molecule is CN(CCc1ccccn1)C(=O)c1ccccc1N. The molecule has 0 radical (unpaired) electrons. The Hall–Kier alpha value is -2.36. The number of nitrogens with zero attached hydrogens (tertiary/aromatic N) is 2. The highest BCUT2D eigenvalue weighted by molar-refractivity contribution is 5.98.